The Labute approximate surface area is 615 Å². The summed E-state index contributed by atoms with van der Waals surface area (Å²) < 4.78 is 19.2. The number of amides is 3. The normalized spacial score (nSPS) is 18.9. The summed E-state index contributed by atoms with van der Waals surface area (Å²) in [6.07, 6.45) is 25.8. The number of carbonyl (C=O) groups excluding carboxylic acids is 3. The topological polar surface area (TPSA) is 292 Å². The van der Waals surface area contributed by atoms with Gasteiger partial charge < -0.3 is 51.0 Å². The molecule has 550 valence electrons. The minimum atomic E-state index is -0.641. The van der Waals surface area contributed by atoms with Crippen molar-refractivity contribution >= 4 is 70.4 Å². The average molecular weight is 1470 g/mol. The van der Waals surface area contributed by atoms with Gasteiger partial charge in [-0.05, 0) is 219 Å². The highest BCUT2D eigenvalue weighted by Crippen LogP contribution is 2.39. The van der Waals surface area contributed by atoms with Crippen molar-refractivity contribution in [2.75, 3.05) is 65.6 Å². The van der Waals surface area contributed by atoms with E-state index in [-0.39, 0.29) is 48.0 Å². The van der Waals surface area contributed by atoms with Crippen LogP contribution in [0.3, 0.4) is 0 Å². The van der Waals surface area contributed by atoms with Gasteiger partial charge >= 0.3 is 6.09 Å². The molecule has 4 saturated carbocycles. The first-order chi connectivity index (χ1) is 48.7. The minimum Gasteiger partial charge on any atom is -0.508 e. The fraction of sp³-hybridized carbons (Fsp3) is 0.592. The Bertz CT molecular complexity index is 3620. The number of piperidine rings is 3. The molecule has 7 aliphatic rings. The lowest BCUT2D eigenvalue weighted by molar-refractivity contribution is -0.134. The maximum Gasteiger partial charge on any atom is 0.410 e. The lowest BCUT2D eigenvalue weighted by atomic mass is 9.83. The van der Waals surface area contributed by atoms with Crippen LogP contribution in [0.5, 0.6) is 17.2 Å². The van der Waals surface area contributed by atoms with Crippen LogP contribution in [-0.2, 0) is 14.3 Å². The number of aliphatic imine (C=N–C) groups is 1. The van der Waals surface area contributed by atoms with Crippen molar-refractivity contribution in [1.82, 2.24) is 50.1 Å². The van der Waals surface area contributed by atoms with E-state index < -0.39 is 11.6 Å². The number of phenols is 1. The summed E-state index contributed by atoms with van der Waals surface area (Å²) in [7, 11) is 0. The van der Waals surface area contributed by atoms with Crippen LogP contribution in [0.1, 0.15) is 203 Å². The van der Waals surface area contributed by atoms with Gasteiger partial charge in [-0.2, -0.15) is 15.3 Å². The third-order valence-electron chi connectivity index (χ3n) is 20.9. The predicted molar refractivity (Wildman–Crippen MR) is 400 cm³/mol. The van der Waals surface area contributed by atoms with E-state index in [0.29, 0.717) is 77.4 Å². The van der Waals surface area contributed by atoms with Crippen molar-refractivity contribution in [2.24, 2.45) is 40.1 Å². The number of aliphatic hydroxyl groups is 1. The number of rotatable bonds is 18. The molecule has 3 aliphatic heterocycles. The number of nitrogens with zero attached hydrogens (tertiary/aromatic N) is 7. The van der Waals surface area contributed by atoms with Crippen LogP contribution in [0.4, 0.5) is 4.79 Å². The number of halogens is 4. The van der Waals surface area contributed by atoms with Gasteiger partial charge in [0.1, 0.15) is 28.9 Å². The molecular formula is C76H105Cl4N13O8. The average Bonchev–Trinajstić information content (AvgIpc) is 1.71. The predicted octanol–water partition coefficient (Wildman–Crippen LogP) is 15.7. The smallest absolute Gasteiger partial charge is 0.410 e. The summed E-state index contributed by atoms with van der Waals surface area (Å²) in [5.41, 5.74) is 19.0. The summed E-state index contributed by atoms with van der Waals surface area (Å²) in [6, 6.07) is 22.1. The molecule has 13 rings (SSSR count). The van der Waals surface area contributed by atoms with Gasteiger partial charge in [0.25, 0.3) is 0 Å². The van der Waals surface area contributed by atoms with Crippen molar-refractivity contribution in [1.29, 1.82) is 0 Å². The van der Waals surface area contributed by atoms with Crippen molar-refractivity contribution < 1.29 is 38.8 Å². The van der Waals surface area contributed by atoms with Crippen molar-refractivity contribution in [2.45, 2.75) is 198 Å². The summed E-state index contributed by atoms with van der Waals surface area (Å²) in [5.74, 6) is 4.44. The molecule has 0 spiro atoms. The van der Waals surface area contributed by atoms with Gasteiger partial charge in [0.2, 0.25) is 11.8 Å². The first-order valence-corrected chi connectivity index (χ1v) is 38.3. The quantitative estimate of drug-likeness (QED) is 0.0226. The van der Waals surface area contributed by atoms with E-state index in [1.54, 1.807) is 17.0 Å². The van der Waals surface area contributed by atoms with Gasteiger partial charge in [0.15, 0.2) is 5.96 Å². The number of hydrogen-bond acceptors (Lipinski definition) is 13. The van der Waals surface area contributed by atoms with Crippen LogP contribution in [-0.4, -0.2) is 156 Å². The van der Waals surface area contributed by atoms with Gasteiger partial charge in [-0.3, -0.25) is 24.9 Å². The Balaban J connectivity index is 0.000000161. The standard InChI is InChI=1S/C31H44ClN7O3.C20H25Cl2N3O.C19H24ClN3O3.C6H12O/c32-25-16-23(42-19-20-6-4-5-7-20)10-11-24(25)27-17-26(37-38-27)21-12-14-39(15-13-21)28(40)18-35-30(41)29(36-31(33)34)22-8-2-1-3-9-22;21-18-11-16(26-13-14-3-1-2-4-14)5-6-17(18)20-12-19(23-24-20)15-7-9-25(22)10-8-15;1-19(2,3)26-18(25)23-8-6-12(7-9-23)16-11-17(22-21-16)14-5-4-13(24)10-15(14)20;7-5-6-3-1-2-4-6/h10-11,16-17,20-22,29H,1-9,12-15,18-19H2,(H,35,41)(H,37,38)(H4,33,34,36);5-6,11-12,14-15H,1-4,7-10,13H2,(H,23,24);4-5,10-12,24H,6-9H2,1-3H3,(H,21,22);6-7H,1-5H2/t29-;;;/m1.../s1. The summed E-state index contributed by atoms with van der Waals surface area (Å²) >= 11 is 25.4. The van der Waals surface area contributed by atoms with E-state index in [1.807, 2.05) is 72.6 Å². The van der Waals surface area contributed by atoms with Crippen LogP contribution in [0.15, 0.2) is 77.8 Å². The number of aromatic hydroxyl groups is 1. The maximum atomic E-state index is 12.9. The number of carbonyl (C=O) groups is 3. The zero-order valence-corrected chi connectivity index (χ0v) is 62.0. The number of nitrogens with one attached hydrogen (secondary N) is 4. The fourth-order valence-electron chi connectivity index (χ4n) is 15.0. The van der Waals surface area contributed by atoms with Crippen LogP contribution in [0.2, 0.25) is 15.1 Å². The van der Waals surface area contributed by atoms with Gasteiger partial charge in [-0.25, -0.2) is 14.2 Å². The highest BCUT2D eigenvalue weighted by atomic mass is 35.5. The Hall–Kier alpha value is -6.75. The minimum absolute atomic E-state index is 0.0558. The molecular weight excluding hydrogens is 1360 g/mol. The summed E-state index contributed by atoms with van der Waals surface area (Å²) in [5, 5.41) is 45.4. The molecule has 21 nitrogen and oxygen atoms in total. The number of benzene rings is 3. The third kappa shape index (κ3) is 22.9. The molecule has 1 atom stereocenters. The number of likely N-dealkylation sites (tertiary alicyclic amines) is 2. The molecule has 3 saturated heterocycles. The van der Waals surface area contributed by atoms with E-state index in [9.17, 15) is 19.5 Å². The summed E-state index contributed by atoms with van der Waals surface area (Å²) in [6.45, 7) is 11.9. The fourth-order valence-corrected chi connectivity index (χ4v) is 16.0. The second-order valence-corrected chi connectivity index (χ2v) is 31.2. The lowest BCUT2D eigenvalue weighted by Crippen LogP contribution is -2.47. The van der Waals surface area contributed by atoms with E-state index in [0.717, 1.165) is 154 Å². The van der Waals surface area contributed by atoms with Gasteiger partial charge in [-0.1, -0.05) is 92.6 Å². The molecule has 3 aromatic carbocycles. The maximum absolute atomic E-state index is 12.9. The number of aliphatic hydroxyl groups excluding tert-OH is 1. The van der Waals surface area contributed by atoms with E-state index in [2.05, 4.69) is 53.0 Å². The van der Waals surface area contributed by atoms with Crippen LogP contribution < -0.4 is 26.3 Å². The monoisotopic (exact) mass is 1470 g/mol. The van der Waals surface area contributed by atoms with Crippen LogP contribution in [0.25, 0.3) is 33.8 Å². The molecule has 6 aromatic rings. The number of phenolic OH excluding ortho intramolecular Hbond substituents is 1. The number of H-pyrrole nitrogens is 3. The van der Waals surface area contributed by atoms with E-state index in [1.165, 1.54) is 88.8 Å². The first-order valence-electron chi connectivity index (χ1n) is 36.9. The van der Waals surface area contributed by atoms with Crippen LogP contribution >= 0.6 is 46.6 Å². The lowest BCUT2D eigenvalue weighted by Gasteiger charge is -2.33. The first kappa shape index (κ1) is 76.9. The number of ether oxygens (including phenoxy) is 3. The number of aromatic amines is 3. The van der Waals surface area contributed by atoms with Crippen LogP contribution in [0, 0.1) is 23.7 Å². The number of aromatic nitrogens is 6. The number of hydrogen-bond donors (Lipinski definition) is 8. The van der Waals surface area contributed by atoms with Crippen molar-refractivity contribution in [3.05, 3.63) is 105 Å². The molecule has 3 aromatic heterocycles. The van der Waals surface area contributed by atoms with Crippen molar-refractivity contribution in [3.8, 4) is 51.0 Å². The van der Waals surface area contributed by atoms with E-state index in [4.69, 9.17) is 77.4 Å². The molecule has 4 aliphatic carbocycles. The highest BCUT2D eigenvalue weighted by molar-refractivity contribution is 6.34. The Morgan fingerprint density at radius 2 is 0.970 bits per heavy atom. The molecule has 10 N–H and O–H groups in total. The largest absolute Gasteiger partial charge is 0.508 e. The Morgan fingerprint density at radius 1 is 0.564 bits per heavy atom. The second kappa shape index (κ2) is 37.6. The molecule has 0 bridgehead atoms. The molecule has 3 amide bonds. The second-order valence-electron chi connectivity index (χ2n) is 29.5. The van der Waals surface area contributed by atoms with E-state index >= 15 is 0 Å². The zero-order valence-electron chi connectivity index (χ0n) is 59.0. The molecule has 6 heterocycles. The molecule has 101 heavy (non-hydrogen) atoms. The highest BCUT2D eigenvalue weighted by Gasteiger charge is 2.33. The van der Waals surface area contributed by atoms with Crippen molar-refractivity contribution in [3.63, 3.8) is 0 Å². The molecule has 25 heteroatoms. The Kier molecular flexibility index (Phi) is 28.6. The molecule has 0 radical (unpaired) electrons. The molecule has 0 unspecified atom stereocenters. The third-order valence-corrected chi connectivity index (χ3v) is 22.2. The van der Waals surface area contributed by atoms with Gasteiger partial charge in [0, 0.05) is 97.4 Å². The van der Waals surface area contributed by atoms with Gasteiger partial charge in [-0.15, -0.1) is 0 Å². The Morgan fingerprint density at radius 3 is 1.38 bits per heavy atom. The number of guanidine groups is 1. The van der Waals surface area contributed by atoms with Gasteiger partial charge in [0.05, 0.1) is 51.9 Å². The zero-order chi connectivity index (χ0) is 71.4. The SMILES string of the molecule is CC(C)(C)OC(=O)N1CCC(c2cc(-c3ccc(O)cc3Cl)n[nH]2)CC1.Clc1cc(OCC2CCCC2)ccc1-c1cc(C2CCN(Cl)CC2)[nH]n1.NC(N)=N[C@@H](C(=O)NCC(=O)N1CCC(c2cc(-c3ccc(OCC4CCCC4)cc3Cl)n[nH]2)CC1)C1CCCCC1.OCC1CCCC1. The summed E-state index contributed by atoms with van der Waals surface area (Å²) in [4.78, 5) is 45.8. The number of nitrogens with two attached hydrogens (primary N) is 2. The molecule has 7 fully saturated rings.